The van der Waals surface area contributed by atoms with Crippen LogP contribution < -0.4 is 0 Å². The fourth-order valence-corrected chi connectivity index (χ4v) is 2.88. The third-order valence-electron chi connectivity index (χ3n) is 4.08. The van der Waals surface area contributed by atoms with Gasteiger partial charge in [0, 0.05) is 18.7 Å². The topological polar surface area (TPSA) is 26.7 Å². The van der Waals surface area contributed by atoms with E-state index in [2.05, 4.69) is 36.9 Å². The average Bonchev–Trinajstić information content (AvgIpc) is 2.37. The first-order valence-electron chi connectivity index (χ1n) is 7.20. The highest BCUT2D eigenvalue weighted by molar-refractivity contribution is 5.35. The monoisotopic (exact) mass is 262 g/mol. The van der Waals surface area contributed by atoms with Crippen LogP contribution in [-0.4, -0.2) is 48.6 Å². The van der Waals surface area contributed by atoms with E-state index in [1.807, 2.05) is 6.07 Å². The van der Waals surface area contributed by atoms with Crippen molar-refractivity contribution in [2.45, 2.75) is 26.3 Å². The van der Waals surface area contributed by atoms with Crippen LogP contribution >= 0.6 is 0 Å². The van der Waals surface area contributed by atoms with E-state index in [4.69, 9.17) is 0 Å². The van der Waals surface area contributed by atoms with Crippen molar-refractivity contribution in [3.05, 3.63) is 29.3 Å². The Kier molecular flexibility index (Phi) is 4.83. The van der Waals surface area contributed by atoms with E-state index in [0.29, 0.717) is 5.75 Å². The SMILES string of the molecule is Cc1ccc(O)c(CN(C)CC2CCN(C)CC2)c1. The molecule has 1 heterocycles. The minimum atomic E-state index is 0.417. The number of phenolic OH excluding ortho intramolecular Hbond substituents is 1. The summed E-state index contributed by atoms with van der Waals surface area (Å²) in [6.07, 6.45) is 2.58. The normalized spacial score (nSPS) is 18.1. The summed E-state index contributed by atoms with van der Waals surface area (Å²) >= 11 is 0. The number of rotatable bonds is 4. The molecule has 0 bridgehead atoms. The summed E-state index contributed by atoms with van der Waals surface area (Å²) in [6, 6.07) is 5.84. The molecule has 0 amide bonds. The standard InChI is InChI=1S/C16H26N2O/c1-13-4-5-16(19)15(10-13)12-18(3)11-14-6-8-17(2)9-7-14/h4-5,10,14,19H,6-9,11-12H2,1-3H3. The fourth-order valence-electron chi connectivity index (χ4n) is 2.88. The molecule has 0 unspecified atom stereocenters. The van der Waals surface area contributed by atoms with Crippen molar-refractivity contribution >= 4 is 0 Å². The number of aryl methyl sites for hydroxylation is 1. The third-order valence-corrected chi connectivity index (χ3v) is 4.08. The molecule has 0 spiro atoms. The maximum Gasteiger partial charge on any atom is 0.120 e. The molecule has 1 aliphatic heterocycles. The summed E-state index contributed by atoms with van der Waals surface area (Å²) in [5, 5.41) is 9.89. The van der Waals surface area contributed by atoms with Crippen LogP contribution in [0.5, 0.6) is 5.75 Å². The molecule has 0 aliphatic carbocycles. The molecule has 0 atom stereocenters. The van der Waals surface area contributed by atoms with Gasteiger partial charge >= 0.3 is 0 Å². The molecule has 2 rings (SSSR count). The van der Waals surface area contributed by atoms with Gasteiger partial charge in [0.1, 0.15) is 5.75 Å². The molecular weight excluding hydrogens is 236 g/mol. The van der Waals surface area contributed by atoms with Crippen LogP contribution in [0.3, 0.4) is 0 Å². The van der Waals surface area contributed by atoms with Gasteiger partial charge in [-0.1, -0.05) is 17.7 Å². The summed E-state index contributed by atoms with van der Waals surface area (Å²) in [6.45, 7) is 6.46. The van der Waals surface area contributed by atoms with Crippen molar-refractivity contribution in [3.63, 3.8) is 0 Å². The molecule has 19 heavy (non-hydrogen) atoms. The highest BCUT2D eigenvalue weighted by Gasteiger charge is 2.18. The van der Waals surface area contributed by atoms with E-state index in [0.717, 1.165) is 24.6 Å². The molecule has 1 saturated heterocycles. The predicted molar refractivity (Wildman–Crippen MR) is 79.4 cm³/mol. The lowest BCUT2D eigenvalue weighted by Gasteiger charge is -2.31. The Morgan fingerprint density at radius 1 is 1.32 bits per heavy atom. The predicted octanol–water partition coefficient (Wildman–Crippen LogP) is 2.47. The first-order valence-corrected chi connectivity index (χ1v) is 7.20. The summed E-state index contributed by atoms with van der Waals surface area (Å²) in [4.78, 5) is 4.74. The number of hydrogen-bond donors (Lipinski definition) is 1. The summed E-state index contributed by atoms with van der Waals surface area (Å²) < 4.78 is 0. The highest BCUT2D eigenvalue weighted by Crippen LogP contribution is 2.22. The van der Waals surface area contributed by atoms with Crippen molar-refractivity contribution in [2.75, 3.05) is 33.7 Å². The molecule has 1 N–H and O–H groups in total. The lowest BCUT2D eigenvalue weighted by molar-refractivity contribution is 0.173. The second-order valence-corrected chi connectivity index (χ2v) is 6.08. The number of phenols is 1. The number of aromatic hydroxyl groups is 1. The number of nitrogens with zero attached hydrogens (tertiary/aromatic N) is 2. The molecule has 3 heteroatoms. The lowest BCUT2D eigenvalue weighted by atomic mass is 9.96. The van der Waals surface area contributed by atoms with Crippen LogP contribution in [0.15, 0.2) is 18.2 Å². The Bertz CT molecular complexity index is 411. The molecule has 1 aliphatic rings. The van der Waals surface area contributed by atoms with Crippen molar-refractivity contribution in [1.29, 1.82) is 0 Å². The van der Waals surface area contributed by atoms with Crippen molar-refractivity contribution < 1.29 is 5.11 Å². The van der Waals surface area contributed by atoms with Crippen LogP contribution in [0.1, 0.15) is 24.0 Å². The quantitative estimate of drug-likeness (QED) is 0.903. The van der Waals surface area contributed by atoms with E-state index in [9.17, 15) is 5.11 Å². The van der Waals surface area contributed by atoms with E-state index in [-0.39, 0.29) is 0 Å². The zero-order valence-electron chi connectivity index (χ0n) is 12.4. The van der Waals surface area contributed by atoms with Gasteiger partial charge in [0.05, 0.1) is 0 Å². The lowest BCUT2D eigenvalue weighted by Crippen LogP contribution is -2.35. The van der Waals surface area contributed by atoms with Crippen LogP contribution in [0, 0.1) is 12.8 Å². The van der Waals surface area contributed by atoms with Crippen LogP contribution in [0.2, 0.25) is 0 Å². The Balaban J connectivity index is 1.87. The second-order valence-electron chi connectivity index (χ2n) is 6.08. The Labute approximate surface area is 116 Å². The summed E-state index contributed by atoms with van der Waals surface area (Å²) in [7, 11) is 4.35. The number of piperidine rings is 1. The van der Waals surface area contributed by atoms with Gasteiger partial charge in [0.2, 0.25) is 0 Å². The van der Waals surface area contributed by atoms with Gasteiger partial charge in [0.25, 0.3) is 0 Å². The molecule has 0 saturated carbocycles. The first-order chi connectivity index (χ1) is 9.04. The Morgan fingerprint density at radius 2 is 2.00 bits per heavy atom. The Hall–Kier alpha value is -1.06. The molecule has 0 radical (unpaired) electrons. The smallest absolute Gasteiger partial charge is 0.120 e. The Morgan fingerprint density at radius 3 is 2.68 bits per heavy atom. The fraction of sp³-hybridized carbons (Fsp3) is 0.625. The molecule has 1 fully saturated rings. The zero-order chi connectivity index (χ0) is 13.8. The summed E-state index contributed by atoms with van der Waals surface area (Å²) in [5.74, 6) is 1.22. The molecule has 1 aromatic carbocycles. The van der Waals surface area contributed by atoms with E-state index in [1.54, 1.807) is 6.07 Å². The van der Waals surface area contributed by atoms with Gasteiger partial charge in [-0.15, -0.1) is 0 Å². The molecular formula is C16H26N2O. The molecule has 3 nitrogen and oxygen atoms in total. The highest BCUT2D eigenvalue weighted by atomic mass is 16.3. The third kappa shape index (κ3) is 4.22. The molecule has 106 valence electrons. The summed E-state index contributed by atoms with van der Waals surface area (Å²) in [5.41, 5.74) is 2.25. The van der Waals surface area contributed by atoms with E-state index >= 15 is 0 Å². The van der Waals surface area contributed by atoms with Gasteiger partial charge in [-0.3, -0.25) is 0 Å². The number of likely N-dealkylation sites (tertiary alicyclic amines) is 1. The van der Waals surface area contributed by atoms with E-state index in [1.165, 1.54) is 31.5 Å². The largest absolute Gasteiger partial charge is 0.508 e. The van der Waals surface area contributed by atoms with E-state index < -0.39 is 0 Å². The number of benzene rings is 1. The zero-order valence-corrected chi connectivity index (χ0v) is 12.4. The van der Waals surface area contributed by atoms with Crippen molar-refractivity contribution in [2.24, 2.45) is 5.92 Å². The van der Waals surface area contributed by atoms with Crippen molar-refractivity contribution in [1.82, 2.24) is 9.80 Å². The average molecular weight is 262 g/mol. The number of hydrogen-bond acceptors (Lipinski definition) is 3. The maximum absolute atomic E-state index is 9.89. The van der Waals surface area contributed by atoms with Gasteiger partial charge in [-0.05, 0) is 58.9 Å². The van der Waals surface area contributed by atoms with Crippen molar-refractivity contribution in [3.8, 4) is 5.75 Å². The van der Waals surface area contributed by atoms with Crippen LogP contribution in [-0.2, 0) is 6.54 Å². The minimum Gasteiger partial charge on any atom is -0.508 e. The van der Waals surface area contributed by atoms with Crippen LogP contribution in [0.25, 0.3) is 0 Å². The minimum absolute atomic E-state index is 0.417. The second kappa shape index (κ2) is 6.40. The molecule has 0 aromatic heterocycles. The van der Waals surface area contributed by atoms with Gasteiger partial charge < -0.3 is 14.9 Å². The maximum atomic E-state index is 9.89. The molecule has 1 aromatic rings. The van der Waals surface area contributed by atoms with Gasteiger partial charge in [-0.2, -0.15) is 0 Å². The first kappa shape index (κ1) is 14.4. The van der Waals surface area contributed by atoms with Gasteiger partial charge in [0.15, 0.2) is 0 Å². The van der Waals surface area contributed by atoms with Crippen LogP contribution in [0.4, 0.5) is 0 Å². The van der Waals surface area contributed by atoms with Gasteiger partial charge in [-0.25, -0.2) is 0 Å².